The van der Waals surface area contributed by atoms with Gasteiger partial charge < -0.3 is 21.7 Å². The Balaban J connectivity index is 1.26. The van der Waals surface area contributed by atoms with Gasteiger partial charge in [-0.2, -0.15) is 10.4 Å². The molecule has 2 aromatic heterocycles. The molecule has 0 radical (unpaired) electrons. The smallest absolute Gasteiger partial charge is 0.227 e. The zero-order chi connectivity index (χ0) is 23.3. The zero-order valence-corrected chi connectivity index (χ0v) is 19.2. The molecule has 0 atom stereocenters. The molecule has 0 bridgehead atoms. The van der Waals surface area contributed by atoms with Gasteiger partial charge in [-0.3, -0.25) is 4.68 Å². The number of nitriles is 1. The summed E-state index contributed by atoms with van der Waals surface area (Å²) in [5.74, 6) is 0.508. The third-order valence-corrected chi connectivity index (χ3v) is 6.80. The normalized spacial score (nSPS) is 21.1. The van der Waals surface area contributed by atoms with E-state index in [1.54, 1.807) is 0 Å². The highest BCUT2D eigenvalue weighted by atomic mass is 15.3. The van der Waals surface area contributed by atoms with Crippen LogP contribution >= 0.6 is 0 Å². The van der Waals surface area contributed by atoms with E-state index in [1.807, 2.05) is 36.8 Å². The van der Waals surface area contributed by atoms with E-state index in [0.717, 1.165) is 74.1 Å². The molecule has 1 aliphatic carbocycles. The zero-order valence-electron chi connectivity index (χ0n) is 19.2. The third kappa shape index (κ3) is 5.19. The molecule has 5 N–H and O–H groups in total. The molecular formula is C25H31N9. The van der Waals surface area contributed by atoms with E-state index in [4.69, 9.17) is 5.73 Å². The van der Waals surface area contributed by atoms with E-state index in [9.17, 15) is 5.26 Å². The Hall–Kier alpha value is -3.48. The van der Waals surface area contributed by atoms with Gasteiger partial charge in [0, 0.05) is 47.5 Å². The summed E-state index contributed by atoms with van der Waals surface area (Å²) in [7, 11) is 0. The van der Waals surface area contributed by atoms with Crippen LogP contribution in [-0.2, 0) is 0 Å². The monoisotopic (exact) mass is 457 g/mol. The summed E-state index contributed by atoms with van der Waals surface area (Å²) in [6, 6.07) is 9.00. The molecule has 3 heterocycles. The van der Waals surface area contributed by atoms with Crippen molar-refractivity contribution in [2.24, 2.45) is 5.73 Å². The maximum Gasteiger partial charge on any atom is 0.227 e. The standard InChI is InChI=1S/C25H31N9/c26-12-17-1-4-22(11-24(17)32-21-5-2-20(27)3-6-21)33-25-29-13-18(14-30-25)19-15-31-34(16-19)23-7-9-28-10-8-23/h1,4,11,13-16,20-21,23,28,32H,2-3,5-10,27H2,(H,29,30,33). The molecule has 1 saturated heterocycles. The third-order valence-electron chi connectivity index (χ3n) is 6.80. The summed E-state index contributed by atoms with van der Waals surface area (Å²) in [5.41, 5.74) is 10.3. The largest absolute Gasteiger partial charge is 0.381 e. The van der Waals surface area contributed by atoms with Gasteiger partial charge in [-0.15, -0.1) is 0 Å². The van der Waals surface area contributed by atoms with Crippen LogP contribution in [0.4, 0.5) is 17.3 Å². The second kappa shape index (κ2) is 10.2. The number of aromatic nitrogens is 4. The molecule has 9 heteroatoms. The molecule has 0 spiro atoms. The van der Waals surface area contributed by atoms with E-state index in [0.29, 0.717) is 29.6 Å². The summed E-state index contributed by atoms with van der Waals surface area (Å²) >= 11 is 0. The fourth-order valence-corrected chi connectivity index (χ4v) is 4.75. The number of nitrogens with two attached hydrogens (primary N) is 1. The number of anilines is 3. The molecule has 1 aliphatic heterocycles. The highest BCUT2D eigenvalue weighted by molar-refractivity contribution is 5.68. The Kier molecular flexibility index (Phi) is 6.70. The predicted molar refractivity (Wildman–Crippen MR) is 133 cm³/mol. The molecule has 1 saturated carbocycles. The molecule has 5 rings (SSSR count). The van der Waals surface area contributed by atoms with Crippen LogP contribution in [0.15, 0.2) is 43.0 Å². The Labute approximate surface area is 199 Å². The summed E-state index contributed by atoms with van der Waals surface area (Å²) in [6.07, 6.45) is 13.8. The summed E-state index contributed by atoms with van der Waals surface area (Å²) in [6.45, 7) is 2.06. The summed E-state index contributed by atoms with van der Waals surface area (Å²) in [4.78, 5) is 9.00. The molecule has 34 heavy (non-hydrogen) atoms. The Bertz CT molecular complexity index is 1130. The number of piperidine rings is 1. The number of nitrogens with one attached hydrogen (secondary N) is 3. The first kappa shape index (κ1) is 22.3. The highest BCUT2D eigenvalue weighted by Crippen LogP contribution is 2.27. The summed E-state index contributed by atoms with van der Waals surface area (Å²) < 4.78 is 2.06. The quantitative estimate of drug-likeness (QED) is 0.442. The van der Waals surface area contributed by atoms with E-state index in [-0.39, 0.29) is 0 Å². The van der Waals surface area contributed by atoms with Gasteiger partial charge in [-0.05, 0) is 69.8 Å². The lowest BCUT2D eigenvalue weighted by atomic mass is 9.91. The van der Waals surface area contributed by atoms with Gasteiger partial charge >= 0.3 is 0 Å². The lowest BCUT2D eigenvalue weighted by Crippen LogP contribution is -2.33. The van der Waals surface area contributed by atoms with Crippen molar-refractivity contribution in [1.29, 1.82) is 5.26 Å². The predicted octanol–water partition coefficient (Wildman–Crippen LogP) is 3.56. The van der Waals surface area contributed by atoms with Crippen LogP contribution < -0.4 is 21.7 Å². The topological polar surface area (TPSA) is 130 Å². The Morgan fingerprint density at radius 3 is 2.50 bits per heavy atom. The van der Waals surface area contributed by atoms with Crippen LogP contribution in [0.25, 0.3) is 11.1 Å². The minimum atomic E-state index is 0.292. The second-order valence-electron chi connectivity index (χ2n) is 9.24. The Morgan fingerprint density at radius 1 is 1.00 bits per heavy atom. The highest BCUT2D eigenvalue weighted by Gasteiger charge is 2.19. The van der Waals surface area contributed by atoms with Gasteiger partial charge in [0.1, 0.15) is 6.07 Å². The van der Waals surface area contributed by atoms with E-state index in [1.165, 1.54) is 0 Å². The first-order valence-electron chi connectivity index (χ1n) is 12.1. The van der Waals surface area contributed by atoms with Crippen molar-refractivity contribution in [3.8, 4) is 17.2 Å². The SMILES string of the molecule is N#Cc1ccc(Nc2ncc(-c3cnn(C4CCNCC4)c3)cn2)cc1NC1CCC(N)CC1. The van der Waals surface area contributed by atoms with Crippen molar-refractivity contribution in [3.63, 3.8) is 0 Å². The van der Waals surface area contributed by atoms with Crippen molar-refractivity contribution in [1.82, 2.24) is 25.1 Å². The van der Waals surface area contributed by atoms with Crippen molar-refractivity contribution in [3.05, 3.63) is 48.5 Å². The number of benzene rings is 1. The molecule has 2 aliphatic rings. The lowest BCUT2D eigenvalue weighted by Gasteiger charge is -2.28. The maximum atomic E-state index is 9.53. The van der Waals surface area contributed by atoms with Crippen LogP contribution in [0.1, 0.15) is 50.1 Å². The van der Waals surface area contributed by atoms with Crippen molar-refractivity contribution in [2.45, 2.75) is 56.7 Å². The first-order chi connectivity index (χ1) is 16.7. The molecule has 3 aromatic rings. The van der Waals surface area contributed by atoms with Gasteiger partial charge in [0.15, 0.2) is 0 Å². The van der Waals surface area contributed by atoms with E-state index in [2.05, 4.69) is 48.0 Å². The minimum absolute atomic E-state index is 0.292. The number of hydrogen-bond donors (Lipinski definition) is 4. The van der Waals surface area contributed by atoms with Crippen LogP contribution in [0.3, 0.4) is 0 Å². The van der Waals surface area contributed by atoms with E-state index < -0.39 is 0 Å². The molecule has 176 valence electrons. The van der Waals surface area contributed by atoms with Gasteiger partial charge in [0.2, 0.25) is 5.95 Å². The fourth-order valence-electron chi connectivity index (χ4n) is 4.75. The average Bonchev–Trinajstić information content (AvgIpc) is 3.37. The van der Waals surface area contributed by atoms with Gasteiger partial charge in [-0.25, -0.2) is 9.97 Å². The Morgan fingerprint density at radius 2 is 1.76 bits per heavy atom. The molecule has 9 nitrogen and oxygen atoms in total. The van der Waals surface area contributed by atoms with E-state index >= 15 is 0 Å². The van der Waals surface area contributed by atoms with Crippen molar-refractivity contribution >= 4 is 17.3 Å². The van der Waals surface area contributed by atoms with Crippen molar-refractivity contribution < 1.29 is 0 Å². The average molecular weight is 458 g/mol. The van der Waals surface area contributed by atoms with Crippen LogP contribution in [-0.4, -0.2) is 44.9 Å². The molecule has 0 amide bonds. The molecular weight excluding hydrogens is 426 g/mol. The lowest BCUT2D eigenvalue weighted by molar-refractivity contribution is 0.343. The maximum absolute atomic E-state index is 9.53. The summed E-state index contributed by atoms with van der Waals surface area (Å²) in [5, 5.41) is 24.3. The van der Waals surface area contributed by atoms with Gasteiger partial charge in [0.25, 0.3) is 0 Å². The molecule has 0 unspecified atom stereocenters. The van der Waals surface area contributed by atoms with Crippen LogP contribution in [0.2, 0.25) is 0 Å². The second-order valence-corrected chi connectivity index (χ2v) is 9.24. The number of nitrogens with zero attached hydrogens (tertiary/aromatic N) is 5. The molecule has 1 aromatic carbocycles. The van der Waals surface area contributed by atoms with Crippen molar-refractivity contribution in [2.75, 3.05) is 23.7 Å². The van der Waals surface area contributed by atoms with Gasteiger partial charge in [0.05, 0.1) is 23.5 Å². The molecule has 2 fully saturated rings. The first-order valence-corrected chi connectivity index (χ1v) is 12.1. The minimum Gasteiger partial charge on any atom is -0.381 e. The number of hydrogen-bond acceptors (Lipinski definition) is 8. The van der Waals surface area contributed by atoms with Gasteiger partial charge in [-0.1, -0.05) is 0 Å². The van der Waals surface area contributed by atoms with Crippen LogP contribution in [0.5, 0.6) is 0 Å². The fraction of sp³-hybridized carbons (Fsp3) is 0.440. The number of rotatable bonds is 6. The van der Waals surface area contributed by atoms with Crippen LogP contribution in [0, 0.1) is 11.3 Å².